The van der Waals surface area contributed by atoms with E-state index in [4.69, 9.17) is 0 Å². The van der Waals surface area contributed by atoms with Crippen molar-refractivity contribution in [2.75, 3.05) is 19.6 Å². The van der Waals surface area contributed by atoms with Crippen LogP contribution in [0, 0.1) is 5.41 Å². The van der Waals surface area contributed by atoms with Gasteiger partial charge >= 0.3 is 0 Å². The van der Waals surface area contributed by atoms with Gasteiger partial charge in [-0.25, -0.2) is 0 Å². The van der Waals surface area contributed by atoms with Crippen LogP contribution in [0.1, 0.15) is 31.7 Å². The average Bonchev–Trinajstić information content (AvgIpc) is 2.40. The van der Waals surface area contributed by atoms with E-state index in [2.05, 4.69) is 29.7 Å². The highest BCUT2D eigenvalue weighted by Crippen LogP contribution is 2.43. The van der Waals surface area contributed by atoms with Crippen molar-refractivity contribution < 1.29 is 4.79 Å². The van der Waals surface area contributed by atoms with Crippen molar-refractivity contribution >= 4 is 5.91 Å². The fourth-order valence-corrected chi connectivity index (χ4v) is 2.70. The summed E-state index contributed by atoms with van der Waals surface area (Å²) >= 11 is 0. The highest BCUT2D eigenvalue weighted by molar-refractivity contribution is 5.83. The van der Waals surface area contributed by atoms with Crippen LogP contribution in [0.2, 0.25) is 0 Å². The third-order valence-electron chi connectivity index (χ3n) is 4.02. The number of rotatable bonds is 7. The summed E-state index contributed by atoms with van der Waals surface area (Å²) in [5.41, 5.74) is 1.12. The van der Waals surface area contributed by atoms with Gasteiger partial charge in [-0.05, 0) is 31.4 Å². The fraction of sp³-hybridized carbons (Fsp3) is 0.562. The Morgan fingerprint density at radius 3 is 2.53 bits per heavy atom. The van der Waals surface area contributed by atoms with Crippen LogP contribution in [0.25, 0.3) is 0 Å². The van der Waals surface area contributed by atoms with E-state index in [1.165, 1.54) is 12.0 Å². The Balaban J connectivity index is 1.89. The molecule has 0 radical (unpaired) electrons. The molecular formula is C16H24N2O. The average molecular weight is 260 g/mol. The zero-order valence-electron chi connectivity index (χ0n) is 11.7. The maximum absolute atomic E-state index is 12.4. The van der Waals surface area contributed by atoms with Crippen molar-refractivity contribution in [2.24, 2.45) is 5.41 Å². The summed E-state index contributed by atoms with van der Waals surface area (Å²) in [5.74, 6) is 0.237. The Hall–Kier alpha value is -1.35. The molecule has 0 bridgehead atoms. The molecular weight excluding hydrogens is 236 g/mol. The molecule has 0 heterocycles. The molecule has 1 aliphatic carbocycles. The number of amides is 1. The van der Waals surface area contributed by atoms with Crippen molar-refractivity contribution in [1.29, 1.82) is 0 Å². The first-order valence-corrected chi connectivity index (χ1v) is 7.30. The summed E-state index contributed by atoms with van der Waals surface area (Å²) in [6.45, 7) is 4.60. The SMILES string of the molecule is CCNCCNC(=O)C1(Cc2ccccc2)CCC1. The van der Waals surface area contributed by atoms with Gasteiger partial charge in [0.2, 0.25) is 5.91 Å². The molecule has 1 saturated carbocycles. The Bertz CT molecular complexity index is 398. The second-order valence-corrected chi connectivity index (χ2v) is 5.41. The molecule has 1 fully saturated rings. The minimum atomic E-state index is -0.145. The van der Waals surface area contributed by atoms with E-state index in [9.17, 15) is 4.79 Å². The number of nitrogens with one attached hydrogen (secondary N) is 2. The van der Waals surface area contributed by atoms with E-state index < -0.39 is 0 Å². The van der Waals surface area contributed by atoms with Gasteiger partial charge in [-0.1, -0.05) is 43.7 Å². The van der Waals surface area contributed by atoms with Gasteiger partial charge < -0.3 is 10.6 Å². The highest BCUT2D eigenvalue weighted by atomic mass is 16.2. The first-order valence-electron chi connectivity index (χ1n) is 7.30. The minimum Gasteiger partial charge on any atom is -0.354 e. The van der Waals surface area contributed by atoms with Crippen LogP contribution in [0.4, 0.5) is 0 Å². The fourth-order valence-electron chi connectivity index (χ4n) is 2.70. The number of carbonyl (C=O) groups is 1. The normalized spacial score (nSPS) is 16.7. The van der Waals surface area contributed by atoms with E-state index in [1.54, 1.807) is 0 Å². The van der Waals surface area contributed by atoms with Crippen molar-refractivity contribution in [3.05, 3.63) is 35.9 Å². The lowest BCUT2D eigenvalue weighted by Crippen LogP contribution is -2.48. The molecule has 1 amide bonds. The Labute approximate surface area is 115 Å². The quantitative estimate of drug-likeness (QED) is 0.737. The van der Waals surface area contributed by atoms with Crippen molar-refractivity contribution in [3.8, 4) is 0 Å². The smallest absolute Gasteiger partial charge is 0.226 e. The molecule has 2 N–H and O–H groups in total. The lowest BCUT2D eigenvalue weighted by molar-refractivity contribution is -0.135. The second kappa shape index (κ2) is 6.71. The lowest BCUT2D eigenvalue weighted by atomic mass is 9.64. The van der Waals surface area contributed by atoms with E-state index in [1.807, 2.05) is 18.2 Å². The van der Waals surface area contributed by atoms with Crippen LogP contribution in [-0.2, 0) is 11.2 Å². The molecule has 1 aromatic carbocycles. The molecule has 3 nitrogen and oxygen atoms in total. The van der Waals surface area contributed by atoms with Gasteiger partial charge in [0.15, 0.2) is 0 Å². The van der Waals surface area contributed by atoms with E-state index in [0.29, 0.717) is 0 Å². The van der Waals surface area contributed by atoms with Gasteiger partial charge in [-0.3, -0.25) is 4.79 Å². The van der Waals surface area contributed by atoms with Crippen LogP contribution in [0.5, 0.6) is 0 Å². The zero-order chi connectivity index (χ0) is 13.6. The Morgan fingerprint density at radius 2 is 1.95 bits per heavy atom. The molecule has 0 aromatic heterocycles. The van der Waals surface area contributed by atoms with Crippen molar-refractivity contribution in [1.82, 2.24) is 10.6 Å². The van der Waals surface area contributed by atoms with Gasteiger partial charge in [0, 0.05) is 13.1 Å². The van der Waals surface area contributed by atoms with E-state index in [0.717, 1.165) is 38.9 Å². The molecule has 0 aliphatic heterocycles. The Kier molecular flexibility index (Phi) is 4.97. The molecule has 0 spiro atoms. The number of benzene rings is 1. The summed E-state index contributed by atoms with van der Waals surface area (Å²) in [7, 11) is 0. The zero-order valence-corrected chi connectivity index (χ0v) is 11.7. The minimum absolute atomic E-state index is 0.145. The van der Waals surface area contributed by atoms with E-state index >= 15 is 0 Å². The van der Waals surface area contributed by atoms with Crippen molar-refractivity contribution in [3.63, 3.8) is 0 Å². The van der Waals surface area contributed by atoms with Crippen molar-refractivity contribution in [2.45, 2.75) is 32.6 Å². The first-order chi connectivity index (χ1) is 9.27. The molecule has 104 valence electrons. The first kappa shape index (κ1) is 14.1. The van der Waals surface area contributed by atoms with Crippen LogP contribution in [0.3, 0.4) is 0 Å². The molecule has 2 rings (SSSR count). The van der Waals surface area contributed by atoms with Crippen LogP contribution < -0.4 is 10.6 Å². The summed E-state index contributed by atoms with van der Waals surface area (Å²) in [6.07, 6.45) is 4.10. The summed E-state index contributed by atoms with van der Waals surface area (Å²) in [6, 6.07) is 10.3. The predicted molar refractivity (Wildman–Crippen MR) is 78.0 cm³/mol. The molecule has 19 heavy (non-hydrogen) atoms. The monoisotopic (exact) mass is 260 g/mol. The number of hydrogen-bond donors (Lipinski definition) is 2. The summed E-state index contributed by atoms with van der Waals surface area (Å²) < 4.78 is 0. The molecule has 1 aromatic rings. The molecule has 1 aliphatic rings. The van der Waals surface area contributed by atoms with Crippen LogP contribution in [0.15, 0.2) is 30.3 Å². The highest BCUT2D eigenvalue weighted by Gasteiger charge is 2.43. The number of hydrogen-bond acceptors (Lipinski definition) is 2. The molecule has 0 atom stereocenters. The third kappa shape index (κ3) is 3.57. The van der Waals surface area contributed by atoms with Crippen LogP contribution >= 0.6 is 0 Å². The Morgan fingerprint density at radius 1 is 1.21 bits per heavy atom. The largest absolute Gasteiger partial charge is 0.354 e. The number of likely N-dealkylation sites (N-methyl/N-ethyl adjacent to an activating group) is 1. The third-order valence-corrected chi connectivity index (χ3v) is 4.02. The summed E-state index contributed by atoms with van der Waals surface area (Å²) in [5, 5.41) is 6.31. The van der Waals surface area contributed by atoms with Crippen LogP contribution in [-0.4, -0.2) is 25.5 Å². The van der Waals surface area contributed by atoms with Gasteiger partial charge in [0.25, 0.3) is 0 Å². The lowest BCUT2D eigenvalue weighted by Gasteiger charge is -2.40. The van der Waals surface area contributed by atoms with Gasteiger partial charge in [0.1, 0.15) is 0 Å². The maximum atomic E-state index is 12.4. The van der Waals surface area contributed by atoms with E-state index in [-0.39, 0.29) is 11.3 Å². The number of carbonyl (C=O) groups excluding carboxylic acids is 1. The predicted octanol–water partition coefficient (Wildman–Crippen LogP) is 2.13. The molecule has 3 heteroatoms. The van der Waals surface area contributed by atoms with Gasteiger partial charge in [-0.2, -0.15) is 0 Å². The molecule has 0 saturated heterocycles. The second-order valence-electron chi connectivity index (χ2n) is 5.41. The molecule has 0 unspecified atom stereocenters. The maximum Gasteiger partial charge on any atom is 0.226 e. The standard InChI is InChI=1S/C16H24N2O/c1-2-17-11-12-18-15(19)16(9-6-10-16)13-14-7-4-3-5-8-14/h3-5,7-8,17H,2,6,9-13H2,1H3,(H,18,19). The van der Waals surface area contributed by atoms with Gasteiger partial charge in [-0.15, -0.1) is 0 Å². The van der Waals surface area contributed by atoms with Gasteiger partial charge in [0.05, 0.1) is 5.41 Å². The topological polar surface area (TPSA) is 41.1 Å². The summed E-state index contributed by atoms with van der Waals surface area (Å²) in [4.78, 5) is 12.4.